The van der Waals surface area contributed by atoms with Crippen LogP contribution in [0.1, 0.15) is 104 Å². The lowest BCUT2D eigenvalue weighted by Gasteiger charge is -2.32. The molecule has 0 aromatic heterocycles. The summed E-state index contributed by atoms with van der Waals surface area (Å²) >= 11 is 0. The fraction of sp³-hybridized carbons (Fsp3) is 1.00. The van der Waals surface area contributed by atoms with Gasteiger partial charge in [-0.2, -0.15) is 0 Å². The van der Waals surface area contributed by atoms with Crippen LogP contribution in [0.3, 0.4) is 0 Å². The summed E-state index contributed by atoms with van der Waals surface area (Å²) in [5, 5.41) is 0. The van der Waals surface area contributed by atoms with E-state index in [4.69, 9.17) is 0 Å². The van der Waals surface area contributed by atoms with Gasteiger partial charge in [-0.1, -0.05) is 90.9 Å². The van der Waals surface area contributed by atoms with Crippen molar-refractivity contribution < 1.29 is 28.7 Å². The molecule has 1 atom stereocenters. The minimum Gasteiger partial charge on any atom is -0.324 e. The normalized spacial score (nSPS) is 13.9. The molecule has 0 saturated carbocycles. The topological polar surface area (TPSA) is 118 Å². The minimum absolute atomic E-state index is 0.471. The van der Waals surface area contributed by atoms with Gasteiger partial charge in [-0.3, -0.25) is 14.0 Å². The Bertz CT molecular complexity index is 480. The van der Waals surface area contributed by atoms with Crippen molar-refractivity contribution in [3.05, 3.63) is 0 Å². The van der Waals surface area contributed by atoms with Crippen LogP contribution in [0.15, 0.2) is 0 Å². The van der Waals surface area contributed by atoms with Gasteiger partial charge in [0.15, 0.2) is 0 Å². The molecule has 0 spiro atoms. The van der Waals surface area contributed by atoms with Gasteiger partial charge in [0.25, 0.3) is 0 Å². The van der Waals surface area contributed by atoms with Gasteiger partial charge < -0.3 is 19.6 Å². The van der Waals surface area contributed by atoms with Crippen LogP contribution in [0.5, 0.6) is 0 Å². The summed E-state index contributed by atoms with van der Waals surface area (Å²) in [5.41, 5.74) is 0. The first-order chi connectivity index (χ1) is 13.6. The highest BCUT2D eigenvalue weighted by Crippen LogP contribution is 2.50. The number of rotatable bonds is 20. The number of nitrogens with zero attached hydrogens (tertiary/aromatic N) is 1. The Morgan fingerprint density at radius 2 is 0.966 bits per heavy atom. The summed E-state index contributed by atoms with van der Waals surface area (Å²) in [4.78, 5) is 39.7. The van der Waals surface area contributed by atoms with Crippen molar-refractivity contribution in [3.8, 4) is 0 Å². The van der Waals surface area contributed by atoms with Crippen LogP contribution < -0.4 is 0 Å². The second-order valence-corrected chi connectivity index (χ2v) is 11.7. The Morgan fingerprint density at radius 3 is 1.28 bits per heavy atom. The lowest BCUT2D eigenvalue weighted by Crippen LogP contribution is -2.39. The molecule has 0 aliphatic carbocycles. The molecule has 0 rings (SSSR count). The van der Waals surface area contributed by atoms with Crippen molar-refractivity contribution in [1.29, 1.82) is 0 Å². The average molecular weight is 458 g/mol. The molecule has 0 amide bonds. The first kappa shape index (κ1) is 29.3. The Hall–Kier alpha value is 0.260. The third kappa shape index (κ3) is 17.6. The summed E-state index contributed by atoms with van der Waals surface area (Å²) in [6, 6.07) is 0. The third-order valence-corrected chi connectivity index (χ3v) is 7.70. The zero-order valence-electron chi connectivity index (χ0n) is 18.5. The largest absolute Gasteiger partial charge is 0.343 e. The van der Waals surface area contributed by atoms with E-state index in [1.807, 2.05) is 0 Å². The van der Waals surface area contributed by atoms with Crippen molar-refractivity contribution in [1.82, 2.24) is 4.90 Å². The fourth-order valence-electron chi connectivity index (χ4n) is 3.60. The van der Waals surface area contributed by atoms with Gasteiger partial charge in [0, 0.05) is 0 Å². The number of hydrogen-bond acceptors (Lipinski definition) is 3. The maximum Gasteiger partial charge on any atom is 0.343 e. The number of hydrogen-bond donors (Lipinski definition) is 4. The van der Waals surface area contributed by atoms with Gasteiger partial charge in [0.2, 0.25) is 0 Å². The maximum atomic E-state index is 12.0. The van der Waals surface area contributed by atoms with Crippen molar-refractivity contribution in [3.63, 3.8) is 0 Å². The Morgan fingerprint density at radius 1 is 0.621 bits per heavy atom. The van der Waals surface area contributed by atoms with Crippen LogP contribution in [-0.4, -0.2) is 49.5 Å². The molecule has 4 N–H and O–H groups in total. The molecule has 0 aromatic rings. The smallest absolute Gasteiger partial charge is 0.324 e. The van der Waals surface area contributed by atoms with E-state index >= 15 is 0 Å². The van der Waals surface area contributed by atoms with Gasteiger partial charge in [-0.25, -0.2) is 0 Å². The molecule has 0 radical (unpaired) electrons. The summed E-state index contributed by atoms with van der Waals surface area (Å²) in [6.45, 7) is 5.28. The molecule has 9 heteroatoms. The van der Waals surface area contributed by atoms with Crippen LogP contribution in [0.4, 0.5) is 0 Å². The molecule has 0 aromatic carbocycles. The van der Waals surface area contributed by atoms with E-state index in [2.05, 4.69) is 13.8 Å². The summed E-state index contributed by atoms with van der Waals surface area (Å²) in [7, 11) is -9.16. The number of unbranched alkanes of at least 4 members (excludes halogenated alkanes) is 12. The second-order valence-electron chi connectivity index (χ2n) is 8.20. The Kier molecular flexibility index (Phi) is 17.0. The fourth-order valence-corrected chi connectivity index (χ4v) is 6.40. The highest BCUT2D eigenvalue weighted by atomic mass is 31.2. The van der Waals surface area contributed by atoms with E-state index < -0.39 is 27.1 Å². The van der Waals surface area contributed by atoms with E-state index in [0.29, 0.717) is 13.1 Å². The molecule has 176 valence electrons. The minimum atomic E-state index is -4.63. The molecule has 0 aliphatic heterocycles. The van der Waals surface area contributed by atoms with Crippen LogP contribution in [0.2, 0.25) is 0 Å². The van der Waals surface area contributed by atoms with Gasteiger partial charge in [0.1, 0.15) is 5.78 Å². The highest BCUT2D eigenvalue weighted by molar-refractivity contribution is 7.56. The maximum absolute atomic E-state index is 12.0. The Balaban J connectivity index is 4.64. The van der Waals surface area contributed by atoms with E-state index in [-0.39, 0.29) is 0 Å². The average Bonchev–Trinajstić information content (AvgIpc) is 2.61. The lowest BCUT2D eigenvalue weighted by molar-refractivity contribution is 0.209. The summed E-state index contributed by atoms with van der Waals surface area (Å²) in [5.74, 6) is -1.40. The molecule has 0 bridgehead atoms. The molecule has 1 unspecified atom stereocenters. The van der Waals surface area contributed by atoms with Gasteiger partial charge >= 0.3 is 15.2 Å². The monoisotopic (exact) mass is 457 g/mol. The van der Waals surface area contributed by atoms with Crippen molar-refractivity contribution in [2.45, 2.75) is 110 Å². The molecule has 29 heavy (non-hydrogen) atoms. The predicted molar refractivity (Wildman–Crippen MR) is 120 cm³/mol. The Labute approximate surface area is 178 Å². The first-order valence-corrected chi connectivity index (χ1v) is 14.9. The van der Waals surface area contributed by atoms with Crippen molar-refractivity contribution in [2.75, 3.05) is 19.3 Å². The van der Waals surface area contributed by atoms with E-state index in [9.17, 15) is 28.7 Å². The molecular weight excluding hydrogens is 412 g/mol. The molecule has 0 fully saturated rings. The molecule has 7 nitrogen and oxygen atoms in total. The standard InChI is InChI=1S/C20H45NO6P2/c1-3-5-7-9-11-12-14-16-18-21(17-15-13-10-8-6-4-2)20(29(25,26)27)19-28(22,23)24/h20H,3-19H2,1-2H3,(H2,22,23,24)(H2,25,26,27). The summed E-state index contributed by atoms with van der Waals surface area (Å²) in [6.07, 6.45) is 14.5. The van der Waals surface area contributed by atoms with Gasteiger partial charge in [-0.05, 0) is 25.9 Å². The van der Waals surface area contributed by atoms with Crippen LogP contribution in [-0.2, 0) is 9.13 Å². The zero-order valence-corrected chi connectivity index (χ0v) is 20.3. The van der Waals surface area contributed by atoms with Crippen LogP contribution in [0.25, 0.3) is 0 Å². The zero-order chi connectivity index (χ0) is 22.2. The van der Waals surface area contributed by atoms with Gasteiger partial charge in [0.05, 0.1) is 6.16 Å². The van der Waals surface area contributed by atoms with Gasteiger partial charge in [-0.15, -0.1) is 0 Å². The molecule has 0 aliphatic rings. The van der Waals surface area contributed by atoms with Crippen LogP contribution in [0, 0.1) is 0 Å². The van der Waals surface area contributed by atoms with E-state index in [1.165, 1.54) is 38.5 Å². The highest BCUT2D eigenvalue weighted by Gasteiger charge is 2.38. The van der Waals surface area contributed by atoms with E-state index in [0.717, 1.165) is 51.4 Å². The van der Waals surface area contributed by atoms with Crippen LogP contribution >= 0.6 is 15.2 Å². The molecular formula is C20H45NO6P2. The molecule has 0 heterocycles. The lowest BCUT2D eigenvalue weighted by atomic mass is 10.1. The summed E-state index contributed by atoms with van der Waals surface area (Å²) < 4.78 is 23.4. The quantitative estimate of drug-likeness (QED) is 0.141. The third-order valence-electron chi connectivity index (χ3n) is 5.31. The SMILES string of the molecule is CCCCCCCCCCN(CCCCCCCC)C(CP(=O)(O)O)P(=O)(O)O. The predicted octanol–water partition coefficient (Wildman–Crippen LogP) is 5.47. The first-order valence-electron chi connectivity index (χ1n) is 11.5. The van der Waals surface area contributed by atoms with E-state index in [1.54, 1.807) is 4.90 Å². The van der Waals surface area contributed by atoms with Crippen molar-refractivity contribution in [2.24, 2.45) is 0 Å². The van der Waals surface area contributed by atoms with Crippen molar-refractivity contribution >= 4 is 15.2 Å². The second kappa shape index (κ2) is 16.9. The molecule has 0 saturated heterocycles.